The Labute approximate surface area is 125 Å². The Bertz CT molecular complexity index is 470. The number of amides is 1. The van der Waals surface area contributed by atoms with Gasteiger partial charge >= 0.3 is 5.97 Å². The van der Waals surface area contributed by atoms with Crippen LogP contribution in [0.25, 0.3) is 0 Å². The quantitative estimate of drug-likeness (QED) is 0.799. The highest BCUT2D eigenvalue weighted by Gasteiger charge is 2.17. The average molecular weight is 293 g/mol. The summed E-state index contributed by atoms with van der Waals surface area (Å²) in [7, 11) is 3.26. The molecular formula is C16H23NO4. The molecule has 0 fully saturated rings. The summed E-state index contributed by atoms with van der Waals surface area (Å²) < 4.78 is 5.13. The van der Waals surface area contributed by atoms with Crippen molar-refractivity contribution in [3.63, 3.8) is 0 Å². The number of benzene rings is 1. The molecule has 1 rings (SSSR count). The molecule has 0 spiro atoms. The molecule has 0 radical (unpaired) electrons. The minimum absolute atomic E-state index is 0.0262. The lowest BCUT2D eigenvalue weighted by atomic mass is 9.92. The summed E-state index contributed by atoms with van der Waals surface area (Å²) in [6.07, 6.45) is 1.21. The van der Waals surface area contributed by atoms with Gasteiger partial charge in [-0.2, -0.15) is 0 Å². The van der Waals surface area contributed by atoms with Crippen LogP contribution in [0.15, 0.2) is 24.3 Å². The maximum atomic E-state index is 12.1. The van der Waals surface area contributed by atoms with Crippen molar-refractivity contribution < 1.29 is 19.4 Å². The van der Waals surface area contributed by atoms with Crippen LogP contribution in [0.2, 0.25) is 0 Å². The molecule has 0 aliphatic rings. The van der Waals surface area contributed by atoms with Crippen LogP contribution in [0.4, 0.5) is 0 Å². The van der Waals surface area contributed by atoms with Gasteiger partial charge in [-0.1, -0.05) is 19.1 Å². The van der Waals surface area contributed by atoms with E-state index in [1.165, 1.54) is 4.90 Å². The van der Waals surface area contributed by atoms with Gasteiger partial charge in [-0.05, 0) is 30.0 Å². The maximum Gasteiger partial charge on any atom is 0.305 e. The summed E-state index contributed by atoms with van der Waals surface area (Å²) in [5, 5.41) is 8.65. The van der Waals surface area contributed by atoms with E-state index < -0.39 is 5.97 Å². The molecule has 0 aliphatic carbocycles. The zero-order chi connectivity index (χ0) is 15.8. The van der Waals surface area contributed by atoms with Crippen LogP contribution in [0.1, 0.15) is 37.7 Å². The molecule has 0 saturated heterocycles. The number of ether oxygens (including phenoxy) is 1. The largest absolute Gasteiger partial charge is 0.497 e. The number of carbonyl (C=O) groups excluding carboxylic acids is 1. The van der Waals surface area contributed by atoms with E-state index in [4.69, 9.17) is 9.84 Å². The number of carbonyl (C=O) groups is 2. The molecule has 21 heavy (non-hydrogen) atoms. The van der Waals surface area contributed by atoms with Crippen molar-refractivity contribution in [2.75, 3.05) is 20.7 Å². The molecule has 1 amide bonds. The number of carboxylic acids is 1. The second-order valence-corrected chi connectivity index (χ2v) is 5.04. The lowest BCUT2D eigenvalue weighted by Crippen LogP contribution is -2.30. The molecule has 0 aliphatic heterocycles. The third-order valence-electron chi connectivity index (χ3n) is 3.59. The van der Waals surface area contributed by atoms with Crippen molar-refractivity contribution in [1.82, 2.24) is 4.90 Å². The van der Waals surface area contributed by atoms with Crippen molar-refractivity contribution in [1.29, 1.82) is 0 Å². The van der Waals surface area contributed by atoms with Gasteiger partial charge in [0.2, 0.25) is 5.91 Å². The number of hydrogen-bond donors (Lipinski definition) is 1. The molecule has 5 heteroatoms. The Morgan fingerprint density at radius 3 is 2.38 bits per heavy atom. The topological polar surface area (TPSA) is 66.8 Å². The van der Waals surface area contributed by atoms with Crippen LogP contribution >= 0.6 is 0 Å². The minimum Gasteiger partial charge on any atom is -0.497 e. The molecule has 1 atom stereocenters. The lowest BCUT2D eigenvalue weighted by Gasteiger charge is -2.21. The molecular weight excluding hydrogens is 270 g/mol. The Morgan fingerprint density at radius 2 is 1.90 bits per heavy atom. The van der Waals surface area contributed by atoms with E-state index >= 15 is 0 Å². The van der Waals surface area contributed by atoms with Crippen LogP contribution < -0.4 is 4.74 Å². The Hall–Kier alpha value is -2.04. The summed E-state index contributed by atoms with van der Waals surface area (Å²) >= 11 is 0. The van der Waals surface area contributed by atoms with Crippen LogP contribution in [-0.4, -0.2) is 42.6 Å². The molecule has 1 unspecified atom stereocenters. The van der Waals surface area contributed by atoms with Crippen molar-refractivity contribution in [2.24, 2.45) is 0 Å². The Kier molecular flexibility index (Phi) is 6.72. The standard InChI is InChI=1S/C16H23NO4/c1-4-12(13-5-7-14(21-3)8-6-13)11-15(18)17(2)10-9-16(19)20/h5-8,12H,4,9-11H2,1-3H3,(H,19,20). The number of rotatable bonds is 8. The monoisotopic (exact) mass is 293 g/mol. The van der Waals surface area contributed by atoms with Crippen molar-refractivity contribution in [3.05, 3.63) is 29.8 Å². The first kappa shape index (κ1) is 17.0. The highest BCUT2D eigenvalue weighted by molar-refractivity contribution is 5.77. The van der Waals surface area contributed by atoms with E-state index in [0.29, 0.717) is 6.42 Å². The second-order valence-electron chi connectivity index (χ2n) is 5.04. The molecule has 0 bridgehead atoms. The van der Waals surface area contributed by atoms with Gasteiger partial charge in [0.05, 0.1) is 13.5 Å². The fraction of sp³-hybridized carbons (Fsp3) is 0.500. The second kappa shape index (κ2) is 8.29. The summed E-state index contributed by atoms with van der Waals surface area (Å²) in [5.41, 5.74) is 1.10. The zero-order valence-corrected chi connectivity index (χ0v) is 12.8. The van der Waals surface area contributed by atoms with Crippen molar-refractivity contribution in [2.45, 2.75) is 32.1 Å². The average Bonchev–Trinajstić information content (AvgIpc) is 2.50. The van der Waals surface area contributed by atoms with Crippen LogP contribution in [0.3, 0.4) is 0 Å². The molecule has 0 saturated carbocycles. The van der Waals surface area contributed by atoms with Gasteiger partial charge in [0.25, 0.3) is 0 Å². The fourth-order valence-electron chi connectivity index (χ4n) is 2.13. The number of carboxylic acid groups (broad SMARTS) is 1. The van der Waals surface area contributed by atoms with Crippen molar-refractivity contribution >= 4 is 11.9 Å². The molecule has 1 aromatic carbocycles. The first-order chi connectivity index (χ1) is 9.97. The highest BCUT2D eigenvalue weighted by Crippen LogP contribution is 2.25. The number of methoxy groups -OCH3 is 1. The number of nitrogens with zero attached hydrogens (tertiary/aromatic N) is 1. The van der Waals surface area contributed by atoms with Crippen LogP contribution in [0, 0.1) is 0 Å². The van der Waals surface area contributed by atoms with Crippen molar-refractivity contribution in [3.8, 4) is 5.75 Å². The molecule has 1 N–H and O–H groups in total. The Balaban J connectivity index is 2.63. The lowest BCUT2D eigenvalue weighted by molar-refractivity contribution is -0.138. The highest BCUT2D eigenvalue weighted by atomic mass is 16.5. The third kappa shape index (κ3) is 5.45. The number of aliphatic carboxylic acids is 1. The normalized spacial score (nSPS) is 11.8. The molecule has 0 aromatic heterocycles. The van der Waals surface area contributed by atoms with Crippen LogP contribution in [0.5, 0.6) is 5.75 Å². The van der Waals surface area contributed by atoms with E-state index in [1.54, 1.807) is 14.2 Å². The smallest absolute Gasteiger partial charge is 0.305 e. The van der Waals surface area contributed by atoms with E-state index in [-0.39, 0.29) is 24.8 Å². The van der Waals surface area contributed by atoms with Gasteiger partial charge in [0.1, 0.15) is 5.75 Å². The fourth-order valence-corrected chi connectivity index (χ4v) is 2.13. The zero-order valence-electron chi connectivity index (χ0n) is 12.8. The van der Waals surface area contributed by atoms with E-state index in [2.05, 4.69) is 0 Å². The Morgan fingerprint density at radius 1 is 1.29 bits per heavy atom. The summed E-state index contributed by atoms with van der Waals surface area (Å²) in [4.78, 5) is 24.2. The van der Waals surface area contributed by atoms with Crippen LogP contribution in [-0.2, 0) is 9.59 Å². The van der Waals surface area contributed by atoms with Gasteiger partial charge in [-0.15, -0.1) is 0 Å². The van der Waals surface area contributed by atoms with Gasteiger partial charge < -0.3 is 14.7 Å². The molecule has 1 aromatic rings. The van der Waals surface area contributed by atoms with E-state index in [0.717, 1.165) is 17.7 Å². The van der Waals surface area contributed by atoms with Gasteiger partial charge in [0.15, 0.2) is 0 Å². The predicted octanol–water partition coefficient (Wildman–Crippen LogP) is 2.51. The molecule has 0 heterocycles. The van der Waals surface area contributed by atoms with E-state index in [9.17, 15) is 9.59 Å². The molecule has 5 nitrogen and oxygen atoms in total. The van der Waals surface area contributed by atoms with E-state index in [1.807, 2.05) is 31.2 Å². The molecule has 116 valence electrons. The third-order valence-corrected chi connectivity index (χ3v) is 3.59. The summed E-state index contributed by atoms with van der Waals surface area (Å²) in [6.45, 7) is 2.28. The van der Waals surface area contributed by atoms with Gasteiger partial charge in [0, 0.05) is 20.0 Å². The van der Waals surface area contributed by atoms with Gasteiger partial charge in [-0.25, -0.2) is 0 Å². The van der Waals surface area contributed by atoms with Gasteiger partial charge in [-0.3, -0.25) is 9.59 Å². The summed E-state index contributed by atoms with van der Waals surface area (Å²) in [6, 6.07) is 7.71. The minimum atomic E-state index is -0.892. The number of hydrogen-bond acceptors (Lipinski definition) is 3. The predicted molar refractivity (Wildman–Crippen MR) is 80.5 cm³/mol. The summed E-state index contributed by atoms with van der Waals surface area (Å²) in [5.74, 6) is 0.00459. The first-order valence-electron chi connectivity index (χ1n) is 7.07. The maximum absolute atomic E-state index is 12.1. The first-order valence-corrected chi connectivity index (χ1v) is 7.07. The SMILES string of the molecule is CCC(CC(=O)N(C)CCC(=O)O)c1ccc(OC)cc1.